The van der Waals surface area contributed by atoms with Gasteiger partial charge in [0.25, 0.3) is 5.69 Å². The number of fused-ring (bicyclic) bond motifs is 1. The Labute approximate surface area is 128 Å². The zero-order valence-electron chi connectivity index (χ0n) is 12.2. The first-order valence-corrected chi connectivity index (χ1v) is 6.96. The molecule has 6 nitrogen and oxygen atoms in total. The van der Waals surface area contributed by atoms with Crippen molar-refractivity contribution in [2.75, 3.05) is 25.2 Å². The Kier molecular flexibility index (Phi) is 3.82. The Balaban J connectivity index is 1.83. The fraction of sp³-hybridized carbons (Fsp3) is 0.250. The third-order valence-electron chi connectivity index (χ3n) is 3.65. The highest BCUT2D eigenvalue weighted by atomic mass is 16.6. The van der Waals surface area contributed by atoms with E-state index in [1.54, 1.807) is 13.2 Å². The number of rotatable bonds is 4. The second kappa shape index (κ2) is 5.93. The van der Waals surface area contributed by atoms with Crippen molar-refractivity contribution in [2.24, 2.45) is 0 Å². The molecule has 114 valence electrons. The fourth-order valence-corrected chi connectivity index (χ4v) is 2.50. The van der Waals surface area contributed by atoms with Gasteiger partial charge in [-0.3, -0.25) is 10.1 Å². The van der Waals surface area contributed by atoms with Crippen LogP contribution in [0.1, 0.15) is 5.56 Å². The van der Waals surface area contributed by atoms with Crippen molar-refractivity contribution in [2.45, 2.75) is 6.54 Å². The van der Waals surface area contributed by atoms with Gasteiger partial charge >= 0.3 is 0 Å². The van der Waals surface area contributed by atoms with E-state index in [-0.39, 0.29) is 5.69 Å². The predicted octanol–water partition coefficient (Wildman–Crippen LogP) is 3.00. The molecule has 0 unspecified atom stereocenters. The Hall–Kier alpha value is -2.76. The molecule has 0 spiro atoms. The number of anilines is 1. The lowest BCUT2D eigenvalue weighted by molar-refractivity contribution is -0.384. The molecule has 0 bridgehead atoms. The lowest BCUT2D eigenvalue weighted by atomic mass is 10.1. The van der Waals surface area contributed by atoms with Gasteiger partial charge in [-0.25, -0.2) is 0 Å². The third-order valence-corrected chi connectivity index (χ3v) is 3.65. The van der Waals surface area contributed by atoms with Crippen LogP contribution in [0.2, 0.25) is 0 Å². The lowest BCUT2D eigenvalue weighted by Crippen LogP contribution is -2.32. The molecule has 22 heavy (non-hydrogen) atoms. The highest BCUT2D eigenvalue weighted by Crippen LogP contribution is 2.35. The molecule has 0 amide bonds. The smallest absolute Gasteiger partial charge is 0.273 e. The number of ether oxygens (including phenoxy) is 2. The molecule has 0 aromatic heterocycles. The van der Waals surface area contributed by atoms with E-state index < -0.39 is 4.92 Å². The molecule has 3 rings (SSSR count). The van der Waals surface area contributed by atoms with Crippen molar-refractivity contribution in [3.8, 4) is 11.5 Å². The minimum atomic E-state index is -0.411. The van der Waals surface area contributed by atoms with Crippen molar-refractivity contribution in [1.29, 1.82) is 0 Å². The first-order valence-electron chi connectivity index (χ1n) is 6.96. The van der Waals surface area contributed by atoms with Crippen LogP contribution < -0.4 is 14.4 Å². The molecular weight excluding hydrogens is 284 g/mol. The van der Waals surface area contributed by atoms with Gasteiger partial charge in [0.05, 0.1) is 30.3 Å². The molecule has 0 saturated heterocycles. The number of hydrogen-bond donors (Lipinski definition) is 0. The largest absolute Gasteiger partial charge is 0.497 e. The number of nitro groups is 1. The summed E-state index contributed by atoms with van der Waals surface area (Å²) in [5, 5.41) is 10.8. The first-order chi connectivity index (χ1) is 10.7. The summed E-state index contributed by atoms with van der Waals surface area (Å²) in [6, 6.07) is 12.6. The van der Waals surface area contributed by atoms with Gasteiger partial charge < -0.3 is 14.4 Å². The molecule has 0 aliphatic carbocycles. The monoisotopic (exact) mass is 300 g/mol. The summed E-state index contributed by atoms with van der Waals surface area (Å²) in [5.74, 6) is 1.38. The van der Waals surface area contributed by atoms with Crippen LogP contribution in [0.25, 0.3) is 0 Å². The van der Waals surface area contributed by atoms with Crippen LogP contribution in [0, 0.1) is 10.1 Å². The zero-order valence-corrected chi connectivity index (χ0v) is 12.2. The van der Waals surface area contributed by atoms with E-state index in [1.807, 2.05) is 24.3 Å². The Morgan fingerprint density at radius 3 is 2.73 bits per heavy atom. The summed E-state index contributed by atoms with van der Waals surface area (Å²) < 4.78 is 10.7. The molecular formula is C16H16N2O4. The van der Waals surface area contributed by atoms with Gasteiger partial charge in [0.1, 0.15) is 18.1 Å². The summed E-state index contributed by atoms with van der Waals surface area (Å²) in [6.07, 6.45) is 0. The molecule has 0 fully saturated rings. The van der Waals surface area contributed by atoms with Crippen LogP contribution in [-0.2, 0) is 6.54 Å². The third kappa shape index (κ3) is 2.81. The van der Waals surface area contributed by atoms with E-state index in [1.165, 1.54) is 12.1 Å². The van der Waals surface area contributed by atoms with E-state index in [9.17, 15) is 10.1 Å². The van der Waals surface area contributed by atoms with Crippen molar-refractivity contribution in [3.63, 3.8) is 0 Å². The topological polar surface area (TPSA) is 64.8 Å². The molecule has 1 heterocycles. The molecule has 6 heteroatoms. The molecule has 2 aromatic carbocycles. The van der Waals surface area contributed by atoms with Crippen molar-refractivity contribution in [3.05, 3.63) is 58.1 Å². The summed E-state index contributed by atoms with van der Waals surface area (Å²) in [7, 11) is 1.64. The normalized spacial score (nSPS) is 13.2. The fourth-order valence-electron chi connectivity index (χ4n) is 2.50. The highest BCUT2D eigenvalue weighted by Gasteiger charge is 2.21. The summed E-state index contributed by atoms with van der Waals surface area (Å²) in [5.41, 5.74) is 2.07. The van der Waals surface area contributed by atoms with Crippen LogP contribution >= 0.6 is 0 Å². The molecule has 0 N–H and O–H groups in total. The van der Waals surface area contributed by atoms with E-state index in [0.29, 0.717) is 12.4 Å². The molecule has 0 saturated carbocycles. The van der Waals surface area contributed by atoms with Crippen molar-refractivity contribution < 1.29 is 14.4 Å². The average molecular weight is 300 g/mol. The molecule has 2 aromatic rings. The van der Waals surface area contributed by atoms with Crippen molar-refractivity contribution in [1.82, 2.24) is 0 Å². The van der Waals surface area contributed by atoms with Gasteiger partial charge in [-0.05, 0) is 23.8 Å². The minimum Gasteiger partial charge on any atom is -0.497 e. The van der Waals surface area contributed by atoms with E-state index >= 15 is 0 Å². The van der Waals surface area contributed by atoms with E-state index in [4.69, 9.17) is 9.47 Å². The van der Waals surface area contributed by atoms with Gasteiger partial charge in [0.15, 0.2) is 0 Å². The van der Waals surface area contributed by atoms with Gasteiger partial charge in [-0.1, -0.05) is 12.1 Å². The SMILES string of the molecule is COc1ccc(CN2CCOc3cc([N+](=O)[O-])ccc32)cc1. The maximum atomic E-state index is 10.8. The van der Waals surface area contributed by atoms with Gasteiger partial charge in [-0.2, -0.15) is 0 Å². The first kappa shape index (κ1) is 14.2. The maximum Gasteiger partial charge on any atom is 0.273 e. The standard InChI is InChI=1S/C16H16N2O4/c1-21-14-5-2-12(3-6-14)11-17-8-9-22-16-10-13(18(19)20)4-7-15(16)17/h2-7,10H,8-9,11H2,1H3. The Morgan fingerprint density at radius 2 is 2.05 bits per heavy atom. The van der Waals surface area contributed by atoms with Crippen LogP contribution in [0.5, 0.6) is 11.5 Å². The molecule has 0 radical (unpaired) electrons. The second-order valence-corrected chi connectivity index (χ2v) is 5.03. The van der Waals surface area contributed by atoms with Crippen LogP contribution in [-0.4, -0.2) is 25.2 Å². The minimum absolute atomic E-state index is 0.0463. The molecule has 0 atom stereocenters. The lowest BCUT2D eigenvalue weighted by Gasteiger charge is -2.31. The van der Waals surface area contributed by atoms with E-state index in [2.05, 4.69) is 4.90 Å². The summed E-state index contributed by atoms with van der Waals surface area (Å²) in [6.45, 7) is 1.99. The quantitative estimate of drug-likeness (QED) is 0.641. The Bertz CT molecular complexity index is 685. The maximum absolute atomic E-state index is 10.8. The van der Waals surface area contributed by atoms with Crippen molar-refractivity contribution >= 4 is 11.4 Å². The number of benzene rings is 2. The number of nitrogens with zero attached hydrogens (tertiary/aromatic N) is 2. The zero-order chi connectivity index (χ0) is 15.5. The highest BCUT2D eigenvalue weighted by molar-refractivity contribution is 5.63. The molecule has 1 aliphatic rings. The average Bonchev–Trinajstić information content (AvgIpc) is 2.55. The van der Waals surface area contributed by atoms with Crippen LogP contribution in [0.3, 0.4) is 0 Å². The van der Waals surface area contributed by atoms with Gasteiger partial charge in [0.2, 0.25) is 0 Å². The number of non-ortho nitro benzene ring substituents is 1. The predicted molar refractivity (Wildman–Crippen MR) is 82.6 cm³/mol. The number of methoxy groups -OCH3 is 1. The van der Waals surface area contributed by atoms with Crippen LogP contribution in [0.15, 0.2) is 42.5 Å². The van der Waals surface area contributed by atoms with Crippen LogP contribution in [0.4, 0.5) is 11.4 Å². The number of nitro benzene ring substituents is 1. The summed E-state index contributed by atoms with van der Waals surface area (Å²) >= 11 is 0. The van der Waals surface area contributed by atoms with Gasteiger partial charge in [0, 0.05) is 12.6 Å². The molecule has 1 aliphatic heterocycles. The summed E-state index contributed by atoms with van der Waals surface area (Å²) in [4.78, 5) is 12.6. The van der Waals surface area contributed by atoms with Gasteiger partial charge in [-0.15, -0.1) is 0 Å². The van der Waals surface area contributed by atoms with E-state index in [0.717, 1.165) is 30.1 Å². The number of hydrogen-bond acceptors (Lipinski definition) is 5. The second-order valence-electron chi connectivity index (χ2n) is 5.03. The Morgan fingerprint density at radius 1 is 1.27 bits per heavy atom.